The number of benzene rings is 1. The van der Waals surface area contributed by atoms with Crippen molar-refractivity contribution in [2.75, 3.05) is 4.90 Å². The molecule has 1 N–H and O–H groups in total. The van der Waals surface area contributed by atoms with Gasteiger partial charge in [0.05, 0.1) is 5.69 Å². The van der Waals surface area contributed by atoms with Crippen LogP contribution >= 0.6 is 15.9 Å². The van der Waals surface area contributed by atoms with Gasteiger partial charge in [-0.25, -0.2) is 4.98 Å². The predicted molar refractivity (Wildman–Crippen MR) is 82.4 cm³/mol. The minimum atomic E-state index is -0.677. The van der Waals surface area contributed by atoms with Gasteiger partial charge in [-0.15, -0.1) is 0 Å². The van der Waals surface area contributed by atoms with Crippen molar-refractivity contribution in [1.29, 1.82) is 0 Å². The van der Waals surface area contributed by atoms with Crippen LogP contribution in [-0.2, 0) is 9.59 Å². The van der Waals surface area contributed by atoms with Crippen LogP contribution in [0.4, 0.5) is 5.69 Å². The molecule has 1 aromatic carbocycles. The minimum absolute atomic E-state index is 0.226. The van der Waals surface area contributed by atoms with Crippen LogP contribution in [0, 0.1) is 0 Å². The summed E-state index contributed by atoms with van der Waals surface area (Å²) in [5, 5.41) is 3.92. The number of hydrogen-bond acceptors (Lipinski definition) is 4. The third kappa shape index (κ3) is 1.72. The molecule has 0 aliphatic carbocycles. The molecule has 6 nitrogen and oxygen atoms in total. The number of halogens is 1. The summed E-state index contributed by atoms with van der Waals surface area (Å²) in [6.07, 6.45) is 2.14. The van der Waals surface area contributed by atoms with Gasteiger partial charge < -0.3 is 0 Å². The second-order valence-electron chi connectivity index (χ2n) is 5.30. The van der Waals surface area contributed by atoms with Crippen LogP contribution in [0.25, 0.3) is 10.8 Å². The third-order valence-electron chi connectivity index (χ3n) is 4.05. The predicted octanol–water partition coefficient (Wildman–Crippen LogP) is 1.76. The molecule has 0 bridgehead atoms. The molecule has 4 rings (SSSR count). The van der Waals surface area contributed by atoms with Crippen molar-refractivity contribution in [2.24, 2.45) is 0 Å². The van der Waals surface area contributed by atoms with Gasteiger partial charge in [0.1, 0.15) is 11.7 Å². The molecule has 110 valence electrons. The smallest absolute Gasteiger partial charge is 0.278 e. The van der Waals surface area contributed by atoms with Gasteiger partial charge >= 0.3 is 0 Å². The van der Waals surface area contributed by atoms with Crippen molar-refractivity contribution < 1.29 is 14.4 Å². The van der Waals surface area contributed by atoms with E-state index in [0.717, 1.165) is 15.2 Å². The van der Waals surface area contributed by atoms with Gasteiger partial charge in [0.2, 0.25) is 11.8 Å². The average Bonchev–Trinajstić information content (AvgIpc) is 2.77. The highest BCUT2D eigenvalue weighted by atomic mass is 79.9. The van der Waals surface area contributed by atoms with Crippen LogP contribution < -0.4 is 10.2 Å². The third-order valence-corrected chi connectivity index (χ3v) is 4.68. The Hall–Kier alpha value is -2.28. The zero-order chi connectivity index (χ0) is 15.4. The number of anilines is 1. The monoisotopic (exact) mass is 359 g/mol. The Morgan fingerprint density at radius 3 is 2.86 bits per heavy atom. The maximum atomic E-state index is 12.7. The summed E-state index contributed by atoms with van der Waals surface area (Å²) in [5.74, 6) is -1.04. The lowest BCUT2D eigenvalue weighted by Gasteiger charge is -2.29. The molecule has 1 atom stereocenters. The molecule has 2 aliphatic rings. The van der Waals surface area contributed by atoms with Crippen LogP contribution in [0.15, 0.2) is 28.9 Å². The second kappa shape index (κ2) is 4.61. The van der Waals surface area contributed by atoms with E-state index in [-0.39, 0.29) is 18.2 Å². The first-order valence-corrected chi connectivity index (χ1v) is 7.61. The molecule has 1 saturated heterocycles. The van der Waals surface area contributed by atoms with E-state index in [4.69, 9.17) is 0 Å². The lowest BCUT2D eigenvalue weighted by Crippen LogP contribution is -2.53. The molecule has 2 aliphatic heterocycles. The van der Waals surface area contributed by atoms with Crippen LogP contribution in [0.5, 0.6) is 0 Å². The van der Waals surface area contributed by atoms with Gasteiger partial charge in [0, 0.05) is 27.9 Å². The zero-order valence-electron chi connectivity index (χ0n) is 11.3. The Bertz CT molecular complexity index is 864. The van der Waals surface area contributed by atoms with Crippen LogP contribution in [0.3, 0.4) is 0 Å². The quantitative estimate of drug-likeness (QED) is 0.786. The zero-order valence-corrected chi connectivity index (χ0v) is 12.9. The van der Waals surface area contributed by atoms with Crippen molar-refractivity contribution in [3.8, 4) is 0 Å². The number of amides is 3. The van der Waals surface area contributed by atoms with Gasteiger partial charge in [-0.3, -0.25) is 24.6 Å². The SMILES string of the molecule is O=C1CCC(N2C(=O)c3ncc(Br)c4cccc2c34)C(=O)N1. The number of imide groups is 1. The molecule has 22 heavy (non-hydrogen) atoms. The summed E-state index contributed by atoms with van der Waals surface area (Å²) in [4.78, 5) is 41.8. The molecule has 7 heteroatoms. The Balaban J connectivity index is 1.89. The number of hydrogen-bond donors (Lipinski definition) is 1. The van der Waals surface area contributed by atoms with Crippen LogP contribution in [0.1, 0.15) is 23.3 Å². The molecule has 0 spiro atoms. The molecule has 1 fully saturated rings. The number of piperidine rings is 1. The average molecular weight is 360 g/mol. The minimum Gasteiger partial charge on any atom is -0.295 e. The molecular weight excluding hydrogens is 350 g/mol. The Labute approximate surface area is 133 Å². The molecule has 3 amide bonds. The van der Waals surface area contributed by atoms with E-state index in [1.54, 1.807) is 12.3 Å². The standard InChI is InChI=1S/C15H10BrN3O3/c16-8-6-17-13-12-7(8)2-1-3-9(12)19(15(13)22)10-4-5-11(20)18-14(10)21/h1-3,6,10H,4-5H2,(H,18,20,21). The molecular formula is C15H10BrN3O3. The summed E-state index contributed by atoms with van der Waals surface area (Å²) >= 11 is 3.43. The largest absolute Gasteiger partial charge is 0.295 e. The molecule has 1 unspecified atom stereocenters. The Morgan fingerprint density at radius 2 is 2.09 bits per heavy atom. The van der Waals surface area contributed by atoms with Crippen molar-refractivity contribution in [2.45, 2.75) is 18.9 Å². The number of rotatable bonds is 1. The fraction of sp³-hybridized carbons (Fsp3) is 0.200. The van der Waals surface area contributed by atoms with Crippen LogP contribution in [-0.4, -0.2) is 28.7 Å². The first-order chi connectivity index (χ1) is 10.6. The topological polar surface area (TPSA) is 79.4 Å². The first kappa shape index (κ1) is 13.4. The molecule has 3 heterocycles. The molecule has 0 saturated carbocycles. The van der Waals surface area contributed by atoms with Crippen molar-refractivity contribution in [3.63, 3.8) is 0 Å². The summed E-state index contributed by atoms with van der Waals surface area (Å²) in [7, 11) is 0. The second-order valence-corrected chi connectivity index (χ2v) is 6.15. The highest BCUT2D eigenvalue weighted by Gasteiger charge is 2.41. The van der Waals surface area contributed by atoms with E-state index >= 15 is 0 Å². The van der Waals surface area contributed by atoms with E-state index in [0.29, 0.717) is 17.8 Å². The molecule has 1 aromatic heterocycles. The summed E-state index contributed by atoms with van der Waals surface area (Å²) in [5.41, 5.74) is 1.01. The number of nitrogens with one attached hydrogen (secondary N) is 1. The number of aromatic nitrogens is 1. The maximum Gasteiger partial charge on any atom is 0.278 e. The van der Waals surface area contributed by atoms with E-state index in [1.165, 1.54) is 4.90 Å². The van der Waals surface area contributed by atoms with E-state index in [2.05, 4.69) is 26.2 Å². The van der Waals surface area contributed by atoms with Gasteiger partial charge in [-0.2, -0.15) is 0 Å². The normalized spacial score (nSPS) is 20.7. The summed E-state index contributed by atoms with van der Waals surface area (Å²) < 4.78 is 0.797. The highest BCUT2D eigenvalue weighted by Crippen LogP contribution is 2.40. The van der Waals surface area contributed by atoms with Gasteiger partial charge in [0.15, 0.2) is 0 Å². The number of pyridine rings is 1. The lowest BCUT2D eigenvalue weighted by molar-refractivity contribution is -0.134. The Kier molecular flexibility index (Phi) is 2.80. The van der Waals surface area contributed by atoms with E-state index in [9.17, 15) is 14.4 Å². The van der Waals surface area contributed by atoms with Crippen molar-refractivity contribution in [1.82, 2.24) is 10.3 Å². The van der Waals surface area contributed by atoms with Gasteiger partial charge in [0.25, 0.3) is 5.91 Å². The fourth-order valence-electron chi connectivity index (χ4n) is 3.07. The molecule has 0 radical (unpaired) electrons. The van der Waals surface area contributed by atoms with E-state index < -0.39 is 11.9 Å². The van der Waals surface area contributed by atoms with Crippen LogP contribution in [0.2, 0.25) is 0 Å². The lowest BCUT2D eigenvalue weighted by atomic mass is 10.0. The Morgan fingerprint density at radius 1 is 1.27 bits per heavy atom. The number of carbonyl (C=O) groups excluding carboxylic acids is 3. The van der Waals surface area contributed by atoms with Crippen molar-refractivity contribution in [3.05, 3.63) is 34.6 Å². The summed E-state index contributed by atoms with van der Waals surface area (Å²) in [6.45, 7) is 0. The van der Waals surface area contributed by atoms with Gasteiger partial charge in [-0.1, -0.05) is 12.1 Å². The number of nitrogens with zero attached hydrogens (tertiary/aromatic N) is 2. The van der Waals surface area contributed by atoms with Crippen molar-refractivity contribution >= 4 is 50.1 Å². The van der Waals surface area contributed by atoms with Gasteiger partial charge in [-0.05, 0) is 28.4 Å². The summed E-state index contributed by atoms with van der Waals surface area (Å²) in [6, 6.07) is 4.86. The maximum absolute atomic E-state index is 12.7. The fourth-order valence-corrected chi connectivity index (χ4v) is 3.50. The van der Waals surface area contributed by atoms with E-state index in [1.807, 2.05) is 12.1 Å². The molecule has 2 aromatic rings. The number of carbonyl (C=O) groups is 3. The highest BCUT2D eigenvalue weighted by molar-refractivity contribution is 9.10. The first-order valence-electron chi connectivity index (χ1n) is 6.82.